The lowest BCUT2D eigenvalue weighted by Gasteiger charge is -2.12. The first-order valence-corrected chi connectivity index (χ1v) is 16.0. The van der Waals surface area contributed by atoms with E-state index in [9.17, 15) is 0 Å². The van der Waals surface area contributed by atoms with Crippen LogP contribution in [0, 0.1) is 0 Å². The predicted molar refractivity (Wildman–Crippen MR) is 195 cm³/mol. The minimum atomic E-state index is 0.689. The van der Waals surface area contributed by atoms with E-state index >= 15 is 0 Å². The zero-order chi connectivity index (χ0) is 31.6. The smallest absolute Gasteiger partial charge is 0.160 e. The summed E-state index contributed by atoms with van der Waals surface area (Å²) in [5, 5.41) is 5.56. The van der Waals surface area contributed by atoms with Gasteiger partial charge in [0.1, 0.15) is 0 Å². The molecule has 48 heavy (non-hydrogen) atoms. The number of rotatable bonds is 4. The number of nitrogens with zero attached hydrogens (tertiary/aromatic N) is 6. The van der Waals surface area contributed by atoms with E-state index in [1.807, 2.05) is 43.0 Å². The van der Waals surface area contributed by atoms with Gasteiger partial charge in [-0.3, -0.25) is 9.97 Å². The average Bonchev–Trinajstić information content (AvgIpc) is 3.67. The van der Waals surface area contributed by atoms with Gasteiger partial charge in [-0.15, -0.1) is 0 Å². The molecule has 0 aliphatic rings. The van der Waals surface area contributed by atoms with Crippen molar-refractivity contribution in [3.05, 3.63) is 158 Å². The van der Waals surface area contributed by atoms with E-state index in [1.165, 1.54) is 5.39 Å². The van der Waals surface area contributed by atoms with Gasteiger partial charge in [0.2, 0.25) is 0 Å². The van der Waals surface area contributed by atoms with Gasteiger partial charge in [-0.2, -0.15) is 0 Å². The third-order valence-corrected chi connectivity index (χ3v) is 9.32. The van der Waals surface area contributed by atoms with Crippen LogP contribution in [0.5, 0.6) is 0 Å². The summed E-state index contributed by atoms with van der Waals surface area (Å²) in [7, 11) is 0. The lowest BCUT2D eigenvalue weighted by molar-refractivity contribution is 1.17. The van der Waals surface area contributed by atoms with Gasteiger partial charge in [0.25, 0.3) is 0 Å². The van der Waals surface area contributed by atoms with Gasteiger partial charge in [0.05, 0.1) is 33.3 Å². The predicted octanol–water partition coefficient (Wildman–Crippen LogP) is 9.95. The summed E-state index contributed by atoms with van der Waals surface area (Å²) in [6.45, 7) is 0. The third kappa shape index (κ3) is 3.99. The average molecular weight is 615 g/mol. The van der Waals surface area contributed by atoms with Crippen LogP contribution in [0.2, 0.25) is 0 Å². The van der Waals surface area contributed by atoms with Crippen molar-refractivity contribution < 1.29 is 0 Å². The molecule has 10 aromatic rings. The van der Waals surface area contributed by atoms with Crippen LogP contribution in [0.4, 0.5) is 0 Å². The van der Waals surface area contributed by atoms with Gasteiger partial charge in [-0.05, 0) is 66.7 Å². The maximum absolute atomic E-state index is 5.24. The van der Waals surface area contributed by atoms with Crippen molar-refractivity contribution in [3.63, 3.8) is 0 Å². The lowest BCUT2D eigenvalue weighted by atomic mass is 10.0. The minimum Gasteiger partial charge on any atom is -0.309 e. The summed E-state index contributed by atoms with van der Waals surface area (Å²) in [6.07, 6.45) is 7.60. The SMILES string of the molecule is c1ccc(-n2c3ccncc3c3cc(-c4nc(-c5ccc(-n6c7ccccc7c7cnccc76)cc5)c5ccccc5n4)ccc32)cc1. The van der Waals surface area contributed by atoms with Crippen molar-refractivity contribution in [2.75, 3.05) is 0 Å². The molecule has 0 N–H and O–H groups in total. The van der Waals surface area contributed by atoms with Gasteiger partial charge in [-0.25, -0.2) is 9.97 Å². The van der Waals surface area contributed by atoms with E-state index in [2.05, 4.69) is 134 Å². The monoisotopic (exact) mass is 614 g/mol. The van der Waals surface area contributed by atoms with E-state index in [1.54, 1.807) is 0 Å². The number of hydrogen-bond donors (Lipinski definition) is 0. The molecule has 0 saturated heterocycles. The molecular formula is C42H26N6. The van der Waals surface area contributed by atoms with Crippen LogP contribution in [0.25, 0.3) is 88.5 Å². The molecule has 0 unspecified atom stereocenters. The number of fused-ring (bicyclic) bond motifs is 7. The topological polar surface area (TPSA) is 61.4 Å². The van der Waals surface area contributed by atoms with Crippen molar-refractivity contribution in [2.45, 2.75) is 0 Å². The fourth-order valence-corrected chi connectivity index (χ4v) is 7.15. The molecule has 5 aromatic carbocycles. The van der Waals surface area contributed by atoms with Crippen LogP contribution in [0.3, 0.4) is 0 Å². The van der Waals surface area contributed by atoms with E-state index in [0.29, 0.717) is 5.82 Å². The second kappa shape index (κ2) is 10.4. The molecule has 0 saturated carbocycles. The van der Waals surface area contributed by atoms with Crippen molar-refractivity contribution >= 4 is 54.5 Å². The maximum atomic E-state index is 5.24. The summed E-state index contributed by atoms with van der Waals surface area (Å²) in [5.74, 6) is 0.689. The van der Waals surface area contributed by atoms with Crippen molar-refractivity contribution in [3.8, 4) is 34.0 Å². The molecule has 6 nitrogen and oxygen atoms in total. The standard InChI is InChI=1S/C42H26N6/c1-2-8-29(9-3-1)47-38-19-16-28(24-33(38)35-26-44-23-21-40(35)47)42-45-36-12-6-4-11-32(36)41(46-42)27-14-17-30(18-15-27)48-37-13-7-5-10-31(37)34-25-43-22-20-39(34)48/h1-26H. The van der Waals surface area contributed by atoms with Gasteiger partial charge >= 0.3 is 0 Å². The Bertz CT molecular complexity index is 2780. The Labute approximate surface area is 275 Å². The molecule has 0 aliphatic heterocycles. The first kappa shape index (κ1) is 26.5. The highest BCUT2D eigenvalue weighted by atomic mass is 15.0. The summed E-state index contributed by atoms with van der Waals surface area (Å²) >= 11 is 0. The Morgan fingerprint density at radius 3 is 1.75 bits per heavy atom. The Balaban J connectivity index is 1.13. The van der Waals surface area contributed by atoms with Crippen LogP contribution in [0.1, 0.15) is 0 Å². The number of hydrogen-bond acceptors (Lipinski definition) is 4. The van der Waals surface area contributed by atoms with Gasteiger partial charge in [-0.1, -0.05) is 66.7 Å². The van der Waals surface area contributed by atoms with E-state index in [4.69, 9.17) is 9.97 Å². The molecule has 0 atom stereocenters. The van der Waals surface area contributed by atoms with Crippen LogP contribution in [-0.4, -0.2) is 29.1 Å². The highest BCUT2D eigenvalue weighted by molar-refractivity contribution is 6.10. The molecule has 5 heterocycles. The number of benzene rings is 5. The normalized spacial score (nSPS) is 11.8. The van der Waals surface area contributed by atoms with E-state index in [0.717, 1.165) is 77.3 Å². The van der Waals surface area contributed by atoms with Crippen molar-refractivity contribution in [1.29, 1.82) is 0 Å². The Kier molecular flexibility index (Phi) is 5.77. The van der Waals surface area contributed by atoms with Crippen molar-refractivity contribution in [1.82, 2.24) is 29.1 Å². The van der Waals surface area contributed by atoms with Crippen LogP contribution >= 0.6 is 0 Å². The quantitative estimate of drug-likeness (QED) is 0.198. The largest absolute Gasteiger partial charge is 0.309 e. The zero-order valence-electron chi connectivity index (χ0n) is 25.7. The highest BCUT2D eigenvalue weighted by Gasteiger charge is 2.17. The Hall–Kier alpha value is -6.66. The second-order valence-electron chi connectivity index (χ2n) is 12.0. The second-order valence-corrected chi connectivity index (χ2v) is 12.0. The minimum absolute atomic E-state index is 0.689. The van der Waals surface area contributed by atoms with Crippen molar-refractivity contribution in [2.24, 2.45) is 0 Å². The number of pyridine rings is 2. The highest BCUT2D eigenvalue weighted by Crippen LogP contribution is 2.36. The van der Waals surface area contributed by atoms with Gasteiger partial charge in [0.15, 0.2) is 5.82 Å². The first-order valence-electron chi connectivity index (χ1n) is 16.0. The molecule has 6 heteroatoms. The molecule has 0 bridgehead atoms. The Morgan fingerprint density at radius 1 is 0.396 bits per heavy atom. The lowest BCUT2D eigenvalue weighted by Crippen LogP contribution is -1.97. The van der Waals surface area contributed by atoms with Crippen LogP contribution in [0.15, 0.2) is 158 Å². The molecule has 0 aliphatic carbocycles. The molecule has 10 rings (SSSR count). The summed E-state index contributed by atoms with van der Waals surface area (Å²) < 4.78 is 4.59. The summed E-state index contributed by atoms with van der Waals surface area (Å²) in [4.78, 5) is 19.2. The fourth-order valence-electron chi connectivity index (χ4n) is 7.15. The number of para-hydroxylation sites is 3. The zero-order valence-corrected chi connectivity index (χ0v) is 25.7. The molecule has 224 valence electrons. The molecule has 0 fully saturated rings. The maximum Gasteiger partial charge on any atom is 0.160 e. The first-order chi connectivity index (χ1) is 23.8. The molecule has 5 aromatic heterocycles. The van der Waals surface area contributed by atoms with E-state index in [-0.39, 0.29) is 0 Å². The van der Waals surface area contributed by atoms with Gasteiger partial charge < -0.3 is 9.13 Å². The van der Waals surface area contributed by atoms with Crippen LogP contribution in [-0.2, 0) is 0 Å². The molecule has 0 radical (unpaired) electrons. The van der Waals surface area contributed by atoms with Gasteiger partial charge in [0, 0.05) is 74.2 Å². The number of aromatic nitrogens is 6. The summed E-state index contributed by atoms with van der Waals surface area (Å²) in [6, 6.07) is 46.5. The van der Waals surface area contributed by atoms with E-state index < -0.39 is 0 Å². The third-order valence-electron chi connectivity index (χ3n) is 9.32. The van der Waals surface area contributed by atoms with Crippen LogP contribution < -0.4 is 0 Å². The summed E-state index contributed by atoms with van der Waals surface area (Å²) in [5.41, 5.74) is 10.5. The Morgan fingerprint density at radius 2 is 0.979 bits per heavy atom. The molecule has 0 amide bonds. The molecule has 0 spiro atoms. The fraction of sp³-hybridized carbons (Fsp3) is 0. The molecular weight excluding hydrogens is 589 g/mol.